The van der Waals surface area contributed by atoms with E-state index in [1.807, 2.05) is 0 Å². The van der Waals surface area contributed by atoms with Gasteiger partial charge in [0.2, 0.25) is 5.91 Å². The Morgan fingerprint density at radius 1 is 1.05 bits per heavy atom. The van der Waals surface area contributed by atoms with Gasteiger partial charge < -0.3 is 30.0 Å². The predicted octanol–water partition coefficient (Wildman–Crippen LogP) is 2.95. The normalized spacial score (nSPS) is 15.1. The number of nitrogens with two attached hydrogens (primary N) is 1. The largest absolute Gasteiger partial charge is 0.469 e. The SMILES string of the molecule is CCC(C)(CC(C#N)CC(C)(CC(C)(C)C(N)=O)C(=O)OCCNC(=O)Nc1ccc(OS(=O)(=O)O)cc1)C(=O)OC. The number of carbonyl (C=O) groups excluding carboxylic acids is 4. The molecule has 1 aromatic rings. The molecule has 5 N–H and O–H groups in total. The van der Waals surface area contributed by atoms with E-state index < -0.39 is 56.4 Å². The number of nitrogens with zero attached hydrogens (tertiary/aromatic N) is 1. The number of ether oxygens (including phenoxy) is 2. The first-order valence-electron chi connectivity index (χ1n) is 13.1. The molecule has 3 atom stereocenters. The van der Waals surface area contributed by atoms with E-state index in [1.54, 1.807) is 34.6 Å². The van der Waals surface area contributed by atoms with E-state index in [-0.39, 0.29) is 43.9 Å². The van der Waals surface area contributed by atoms with Gasteiger partial charge in [-0.1, -0.05) is 20.8 Å². The Morgan fingerprint density at radius 3 is 2.10 bits per heavy atom. The highest BCUT2D eigenvalue weighted by Gasteiger charge is 2.46. The zero-order valence-corrected chi connectivity index (χ0v) is 25.5. The van der Waals surface area contributed by atoms with Crippen LogP contribution in [0.15, 0.2) is 24.3 Å². The third kappa shape index (κ3) is 11.2. The van der Waals surface area contributed by atoms with Gasteiger partial charge in [-0.25, -0.2) is 4.79 Å². The van der Waals surface area contributed by atoms with E-state index in [1.165, 1.54) is 31.4 Å². The number of carbonyl (C=O) groups is 4. The van der Waals surface area contributed by atoms with E-state index in [0.29, 0.717) is 6.42 Å². The number of primary amides is 1. The third-order valence-corrected chi connectivity index (χ3v) is 7.36. The van der Waals surface area contributed by atoms with Crippen LogP contribution in [0.25, 0.3) is 0 Å². The minimum Gasteiger partial charge on any atom is -0.469 e. The molecule has 0 heterocycles. The number of nitriles is 1. The van der Waals surface area contributed by atoms with Crippen molar-refractivity contribution in [3.05, 3.63) is 24.3 Å². The standard InChI is InChI=1S/C27H40N4O10S/c1-7-26(4,22(33)39-6)14-18(16-28)15-27(5,17-25(2,3)21(29)32)23(34)40-13-12-30-24(35)31-19-8-10-20(11-9-19)41-42(36,37)38/h8-11,18H,7,12-15,17H2,1-6H3,(H2,29,32)(H2,30,31,35)(H,36,37,38). The van der Waals surface area contributed by atoms with Gasteiger partial charge in [-0.15, -0.1) is 0 Å². The number of methoxy groups -OCH3 is 1. The van der Waals surface area contributed by atoms with Crippen LogP contribution in [0, 0.1) is 33.5 Å². The molecule has 0 aromatic heterocycles. The molecule has 42 heavy (non-hydrogen) atoms. The highest BCUT2D eigenvalue weighted by atomic mass is 32.3. The van der Waals surface area contributed by atoms with Crippen molar-refractivity contribution >= 4 is 40.0 Å². The van der Waals surface area contributed by atoms with Crippen LogP contribution < -0.4 is 20.6 Å². The van der Waals surface area contributed by atoms with Crippen LogP contribution in [0.1, 0.15) is 60.3 Å². The minimum atomic E-state index is -4.68. The second-order valence-electron chi connectivity index (χ2n) is 11.2. The molecule has 0 aliphatic carbocycles. The van der Waals surface area contributed by atoms with Crippen LogP contribution in [0.5, 0.6) is 5.75 Å². The molecule has 0 radical (unpaired) electrons. The van der Waals surface area contributed by atoms with Crippen molar-refractivity contribution in [2.75, 3.05) is 25.6 Å². The van der Waals surface area contributed by atoms with E-state index in [4.69, 9.17) is 19.8 Å². The van der Waals surface area contributed by atoms with Crippen molar-refractivity contribution in [1.29, 1.82) is 5.26 Å². The van der Waals surface area contributed by atoms with Gasteiger partial charge in [-0.3, -0.25) is 18.9 Å². The first-order valence-corrected chi connectivity index (χ1v) is 14.4. The molecule has 1 rings (SSSR count). The summed E-state index contributed by atoms with van der Waals surface area (Å²) < 4.78 is 44.8. The van der Waals surface area contributed by atoms with Gasteiger partial charge in [0.05, 0.1) is 30.6 Å². The first-order chi connectivity index (χ1) is 19.3. The van der Waals surface area contributed by atoms with Crippen molar-refractivity contribution < 1.29 is 45.8 Å². The molecule has 3 unspecified atom stereocenters. The highest BCUT2D eigenvalue weighted by Crippen LogP contribution is 2.43. The minimum absolute atomic E-state index is 0.0170. The predicted molar refractivity (Wildman–Crippen MR) is 151 cm³/mol. The smallest absolute Gasteiger partial charge is 0.446 e. The summed E-state index contributed by atoms with van der Waals surface area (Å²) in [7, 11) is -3.42. The number of esters is 2. The Hall–Kier alpha value is -3.90. The quantitative estimate of drug-likeness (QED) is 0.121. The molecule has 0 bridgehead atoms. The van der Waals surface area contributed by atoms with Gasteiger partial charge in [0.15, 0.2) is 0 Å². The molecule has 15 heteroatoms. The Bertz CT molecular complexity index is 1280. The number of nitrogens with one attached hydrogen (secondary N) is 2. The lowest BCUT2D eigenvalue weighted by atomic mass is 9.67. The zero-order valence-electron chi connectivity index (χ0n) is 24.7. The van der Waals surface area contributed by atoms with Crippen LogP contribution in [-0.2, 0) is 34.3 Å². The zero-order chi connectivity index (χ0) is 32.4. The second-order valence-corrected chi connectivity index (χ2v) is 12.2. The molecule has 0 spiro atoms. The van der Waals surface area contributed by atoms with Gasteiger partial charge in [0.25, 0.3) is 0 Å². The van der Waals surface area contributed by atoms with Crippen LogP contribution in [-0.4, -0.2) is 57.1 Å². The number of rotatable bonds is 16. The third-order valence-electron chi connectivity index (χ3n) is 6.96. The van der Waals surface area contributed by atoms with Gasteiger partial charge in [0, 0.05) is 17.0 Å². The van der Waals surface area contributed by atoms with Crippen molar-refractivity contribution in [2.45, 2.75) is 60.3 Å². The van der Waals surface area contributed by atoms with Crippen LogP contribution in [0.2, 0.25) is 0 Å². The molecular weight excluding hydrogens is 572 g/mol. The Labute approximate surface area is 246 Å². The number of urea groups is 1. The molecule has 3 amide bonds. The summed E-state index contributed by atoms with van der Waals surface area (Å²) in [6.45, 7) is 7.90. The van der Waals surface area contributed by atoms with Crippen LogP contribution in [0.4, 0.5) is 10.5 Å². The van der Waals surface area contributed by atoms with Crippen molar-refractivity contribution in [1.82, 2.24) is 5.32 Å². The Balaban J connectivity index is 2.89. The summed E-state index contributed by atoms with van der Waals surface area (Å²) in [5, 5.41) is 14.9. The summed E-state index contributed by atoms with van der Waals surface area (Å²) >= 11 is 0. The Morgan fingerprint density at radius 2 is 1.62 bits per heavy atom. The number of hydrogen-bond acceptors (Lipinski definition) is 10. The van der Waals surface area contributed by atoms with E-state index >= 15 is 0 Å². The monoisotopic (exact) mass is 612 g/mol. The number of hydrogen-bond donors (Lipinski definition) is 4. The molecule has 14 nitrogen and oxygen atoms in total. The molecule has 0 fully saturated rings. The van der Waals surface area contributed by atoms with Crippen molar-refractivity contribution in [2.24, 2.45) is 27.9 Å². The van der Waals surface area contributed by atoms with Gasteiger partial charge >= 0.3 is 28.4 Å². The van der Waals surface area contributed by atoms with E-state index in [9.17, 15) is 32.9 Å². The van der Waals surface area contributed by atoms with E-state index in [0.717, 1.165) is 0 Å². The maximum absolute atomic E-state index is 13.3. The average Bonchev–Trinajstić information content (AvgIpc) is 2.89. The first kappa shape index (κ1) is 36.1. The van der Waals surface area contributed by atoms with Crippen molar-refractivity contribution in [3.8, 4) is 11.8 Å². The lowest BCUT2D eigenvalue weighted by molar-refractivity contribution is -0.158. The number of benzene rings is 1. The van der Waals surface area contributed by atoms with Gasteiger partial charge in [-0.05, 0) is 63.8 Å². The second kappa shape index (κ2) is 14.8. The lowest BCUT2D eigenvalue weighted by Gasteiger charge is -2.36. The number of amides is 3. The average molecular weight is 613 g/mol. The molecule has 1 aromatic carbocycles. The maximum Gasteiger partial charge on any atom is 0.446 e. The summed E-state index contributed by atoms with van der Waals surface area (Å²) in [6.07, 6.45) is 0.481. The molecular formula is C27H40N4O10S. The fraction of sp³-hybridized carbons (Fsp3) is 0.593. The fourth-order valence-electron chi connectivity index (χ4n) is 4.53. The van der Waals surface area contributed by atoms with Crippen LogP contribution in [0.3, 0.4) is 0 Å². The van der Waals surface area contributed by atoms with Crippen LogP contribution >= 0.6 is 0 Å². The molecule has 0 aliphatic heterocycles. The summed E-state index contributed by atoms with van der Waals surface area (Å²) in [5.41, 5.74) is 2.42. The summed E-state index contributed by atoms with van der Waals surface area (Å²) in [5.74, 6) is -2.74. The molecule has 0 saturated carbocycles. The molecule has 0 saturated heterocycles. The summed E-state index contributed by atoms with van der Waals surface area (Å²) in [6, 6.07) is 6.61. The summed E-state index contributed by atoms with van der Waals surface area (Å²) in [4.78, 5) is 50.0. The van der Waals surface area contributed by atoms with Gasteiger partial charge in [0.1, 0.15) is 12.4 Å². The van der Waals surface area contributed by atoms with Crippen molar-refractivity contribution in [3.63, 3.8) is 0 Å². The van der Waals surface area contributed by atoms with E-state index in [2.05, 4.69) is 20.9 Å². The van der Waals surface area contributed by atoms with Gasteiger partial charge in [-0.2, -0.15) is 13.7 Å². The Kier molecular flexibility index (Phi) is 12.8. The maximum atomic E-state index is 13.3. The highest BCUT2D eigenvalue weighted by molar-refractivity contribution is 7.81. The fourth-order valence-corrected chi connectivity index (χ4v) is 4.89. The lowest BCUT2D eigenvalue weighted by Crippen LogP contribution is -2.43. The molecule has 234 valence electrons. The topological polar surface area (TPSA) is 224 Å². The number of anilines is 1. The molecule has 0 aliphatic rings.